The van der Waals surface area contributed by atoms with E-state index in [0.29, 0.717) is 5.82 Å². The predicted octanol–water partition coefficient (Wildman–Crippen LogP) is 3.93. The first-order chi connectivity index (χ1) is 7.58. The number of nitrogens with zero attached hydrogens (tertiary/aromatic N) is 2. The third kappa shape index (κ3) is 2.25. The summed E-state index contributed by atoms with van der Waals surface area (Å²) in [6.07, 6.45) is 4.98. The highest BCUT2D eigenvalue weighted by atomic mass is 35.5. The number of rotatable bonds is 1. The molecular weight excluding hydrogens is 250 g/mol. The van der Waals surface area contributed by atoms with Gasteiger partial charge in [-0.25, -0.2) is 14.4 Å². The van der Waals surface area contributed by atoms with Crippen molar-refractivity contribution in [3.8, 4) is 0 Å². The van der Waals surface area contributed by atoms with Gasteiger partial charge in [0.15, 0.2) is 0 Å². The van der Waals surface area contributed by atoms with Crippen LogP contribution in [0, 0.1) is 5.92 Å². The summed E-state index contributed by atoms with van der Waals surface area (Å²) in [4.78, 5) is 8.03. The molecule has 0 spiro atoms. The highest BCUT2D eigenvalue weighted by Gasteiger charge is 2.27. The second-order valence-corrected chi connectivity index (χ2v) is 4.42. The number of hydrogen-bond acceptors (Lipinski definition) is 2. The van der Waals surface area contributed by atoms with Gasteiger partial charge in [-0.2, -0.15) is 0 Å². The zero-order valence-corrected chi connectivity index (χ0v) is 10.0. The van der Waals surface area contributed by atoms with Gasteiger partial charge in [-0.3, -0.25) is 0 Å². The molecular formula is C11H9Cl2FN2. The summed E-state index contributed by atoms with van der Waals surface area (Å²) < 4.78 is 13.7. The quantitative estimate of drug-likeness (QED) is 0.714. The van der Waals surface area contributed by atoms with Crippen molar-refractivity contribution < 1.29 is 4.39 Å². The lowest BCUT2D eigenvalue weighted by atomic mass is 9.88. The molecule has 2 nitrogen and oxygen atoms in total. The fraction of sp³-hybridized carbons (Fsp3) is 0.273. The summed E-state index contributed by atoms with van der Waals surface area (Å²) in [5.41, 5.74) is 0. The molecule has 1 aliphatic carbocycles. The summed E-state index contributed by atoms with van der Waals surface area (Å²) in [6, 6.07) is 1.43. The number of hydrogen-bond donors (Lipinski definition) is 0. The minimum Gasteiger partial charge on any atom is -0.220 e. The van der Waals surface area contributed by atoms with Crippen LogP contribution in [0.2, 0.25) is 10.3 Å². The van der Waals surface area contributed by atoms with Crippen LogP contribution in [0.3, 0.4) is 0 Å². The van der Waals surface area contributed by atoms with Gasteiger partial charge in [-0.1, -0.05) is 42.3 Å². The molecule has 1 aliphatic rings. The van der Waals surface area contributed by atoms with Gasteiger partial charge in [0.25, 0.3) is 0 Å². The maximum absolute atomic E-state index is 13.7. The number of halogens is 3. The van der Waals surface area contributed by atoms with Crippen molar-refractivity contribution in [2.45, 2.75) is 12.8 Å². The SMILES string of the molecule is CC1C=CC=C(F)C1c1nc(Cl)cc(Cl)n1. The maximum Gasteiger partial charge on any atom is 0.142 e. The van der Waals surface area contributed by atoms with Crippen molar-refractivity contribution in [1.82, 2.24) is 9.97 Å². The van der Waals surface area contributed by atoms with E-state index in [-0.39, 0.29) is 22.1 Å². The van der Waals surface area contributed by atoms with Crippen LogP contribution in [0.1, 0.15) is 18.7 Å². The first kappa shape index (κ1) is 11.6. The highest BCUT2D eigenvalue weighted by Crippen LogP contribution is 2.35. The average molecular weight is 259 g/mol. The van der Waals surface area contributed by atoms with E-state index in [1.54, 1.807) is 6.08 Å². The maximum atomic E-state index is 13.7. The Labute approximate surface area is 103 Å². The van der Waals surface area contributed by atoms with Gasteiger partial charge in [0.1, 0.15) is 22.0 Å². The van der Waals surface area contributed by atoms with Gasteiger partial charge >= 0.3 is 0 Å². The topological polar surface area (TPSA) is 25.8 Å². The molecule has 16 heavy (non-hydrogen) atoms. The summed E-state index contributed by atoms with van der Waals surface area (Å²) in [5, 5.41) is 0.453. The van der Waals surface area contributed by atoms with E-state index in [9.17, 15) is 4.39 Å². The van der Waals surface area contributed by atoms with Crippen molar-refractivity contribution >= 4 is 23.2 Å². The van der Waals surface area contributed by atoms with Crippen LogP contribution in [0.25, 0.3) is 0 Å². The van der Waals surface area contributed by atoms with E-state index >= 15 is 0 Å². The van der Waals surface area contributed by atoms with Crippen LogP contribution >= 0.6 is 23.2 Å². The third-order valence-corrected chi connectivity index (χ3v) is 2.84. The average Bonchev–Trinajstić information content (AvgIpc) is 2.15. The van der Waals surface area contributed by atoms with Gasteiger partial charge in [-0.05, 0) is 12.0 Å². The molecule has 1 aromatic rings. The van der Waals surface area contributed by atoms with Crippen LogP contribution < -0.4 is 0 Å². The summed E-state index contributed by atoms with van der Waals surface area (Å²) in [7, 11) is 0. The molecule has 0 saturated carbocycles. The molecule has 0 aromatic carbocycles. The molecule has 2 rings (SSSR count). The second kappa shape index (κ2) is 4.52. The smallest absolute Gasteiger partial charge is 0.142 e. The Morgan fingerprint density at radius 2 is 1.88 bits per heavy atom. The Kier molecular flexibility index (Phi) is 3.26. The highest BCUT2D eigenvalue weighted by molar-refractivity contribution is 6.33. The largest absolute Gasteiger partial charge is 0.220 e. The Morgan fingerprint density at radius 3 is 2.44 bits per heavy atom. The Hall–Kier alpha value is -0.930. The molecule has 0 aliphatic heterocycles. The van der Waals surface area contributed by atoms with E-state index < -0.39 is 5.92 Å². The lowest BCUT2D eigenvalue weighted by molar-refractivity contribution is 0.459. The lowest BCUT2D eigenvalue weighted by Gasteiger charge is -2.21. The minimum absolute atomic E-state index is 0.0143. The fourth-order valence-electron chi connectivity index (χ4n) is 1.69. The standard InChI is InChI=1S/C11H9Cl2FN2/c1-6-3-2-4-7(14)10(6)11-15-8(12)5-9(13)16-11/h2-6,10H,1H3. The molecule has 1 aromatic heterocycles. The molecule has 2 unspecified atom stereocenters. The van der Waals surface area contributed by atoms with E-state index in [0.717, 1.165) is 0 Å². The predicted molar refractivity (Wildman–Crippen MR) is 62.3 cm³/mol. The third-order valence-electron chi connectivity index (χ3n) is 2.45. The first-order valence-corrected chi connectivity index (χ1v) is 5.57. The Balaban J connectivity index is 2.43. The van der Waals surface area contributed by atoms with Crippen LogP contribution in [0.15, 0.2) is 30.1 Å². The van der Waals surface area contributed by atoms with E-state index in [1.165, 1.54) is 12.1 Å². The Morgan fingerprint density at radius 1 is 1.25 bits per heavy atom. The molecule has 84 valence electrons. The van der Waals surface area contributed by atoms with Crippen molar-refractivity contribution in [3.05, 3.63) is 46.3 Å². The monoisotopic (exact) mass is 258 g/mol. The molecule has 0 saturated heterocycles. The normalized spacial score (nSPS) is 24.4. The molecule has 0 N–H and O–H groups in total. The van der Waals surface area contributed by atoms with E-state index in [1.807, 2.05) is 13.0 Å². The van der Waals surface area contributed by atoms with Gasteiger partial charge in [-0.15, -0.1) is 0 Å². The van der Waals surface area contributed by atoms with E-state index in [2.05, 4.69) is 9.97 Å². The van der Waals surface area contributed by atoms with Crippen molar-refractivity contribution in [3.63, 3.8) is 0 Å². The first-order valence-electron chi connectivity index (χ1n) is 4.82. The van der Waals surface area contributed by atoms with Crippen LogP contribution in [0.4, 0.5) is 4.39 Å². The van der Waals surface area contributed by atoms with Crippen molar-refractivity contribution in [2.75, 3.05) is 0 Å². The molecule has 0 fully saturated rings. The molecule has 2 atom stereocenters. The molecule has 1 heterocycles. The van der Waals surface area contributed by atoms with Gasteiger partial charge in [0, 0.05) is 6.07 Å². The molecule has 0 bridgehead atoms. The lowest BCUT2D eigenvalue weighted by Crippen LogP contribution is -2.14. The van der Waals surface area contributed by atoms with E-state index in [4.69, 9.17) is 23.2 Å². The zero-order chi connectivity index (χ0) is 11.7. The van der Waals surface area contributed by atoms with Crippen molar-refractivity contribution in [1.29, 1.82) is 0 Å². The zero-order valence-electron chi connectivity index (χ0n) is 8.49. The molecule has 0 amide bonds. The Bertz CT molecular complexity index is 451. The minimum atomic E-state index is -0.499. The molecule has 5 heteroatoms. The van der Waals surface area contributed by atoms with Crippen LogP contribution in [-0.4, -0.2) is 9.97 Å². The summed E-state index contributed by atoms with van der Waals surface area (Å²) in [5.74, 6) is -0.461. The number of aromatic nitrogens is 2. The van der Waals surface area contributed by atoms with Crippen LogP contribution in [0.5, 0.6) is 0 Å². The summed E-state index contributed by atoms with van der Waals surface area (Å²) in [6.45, 7) is 1.89. The van der Waals surface area contributed by atoms with Crippen molar-refractivity contribution in [2.24, 2.45) is 5.92 Å². The van der Waals surface area contributed by atoms with Gasteiger partial charge in [0.2, 0.25) is 0 Å². The van der Waals surface area contributed by atoms with Crippen LogP contribution in [-0.2, 0) is 0 Å². The fourth-order valence-corrected chi connectivity index (χ4v) is 2.13. The van der Waals surface area contributed by atoms with Gasteiger partial charge in [0.05, 0.1) is 5.92 Å². The molecule has 0 radical (unpaired) electrons. The second-order valence-electron chi connectivity index (χ2n) is 3.64. The summed E-state index contributed by atoms with van der Waals surface area (Å²) >= 11 is 11.5. The number of allylic oxidation sites excluding steroid dienone is 4. The van der Waals surface area contributed by atoms with Gasteiger partial charge < -0.3 is 0 Å².